The van der Waals surface area contributed by atoms with Crippen LogP contribution in [0.5, 0.6) is 17.2 Å². The highest BCUT2D eigenvalue weighted by molar-refractivity contribution is 7.86. The molecule has 7 aromatic carbocycles. The van der Waals surface area contributed by atoms with Gasteiger partial charge in [-0.05, 0) is 84.2 Å². The number of aromatic hydroxyl groups is 3. The Balaban J connectivity index is 1.27. The van der Waals surface area contributed by atoms with Gasteiger partial charge in [0.2, 0.25) is 0 Å². The predicted molar refractivity (Wildman–Crippen MR) is 253 cm³/mol. The Morgan fingerprint density at radius 1 is 0.438 bits per heavy atom. The molecule has 73 heavy (non-hydrogen) atoms. The van der Waals surface area contributed by atoms with Crippen molar-refractivity contribution in [3.8, 4) is 17.2 Å². The number of phenols is 3. The van der Waals surface area contributed by atoms with Crippen molar-refractivity contribution in [1.29, 1.82) is 0 Å². The van der Waals surface area contributed by atoms with Crippen molar-refractivity contribution in [2.45, 2.75) is 19.6 Å². The monoisotopic (exact) mass is 1080 g/mol. The second kappa shape index (κ2) is 19.7. The smallest absolute Gasteiger partial charge is 0.296 e. The van der Waals surface area contributed by atoms with E-state index >= 15 is 0 Å². The molecule has 9 N–H and O–H groups in total. The first-order valence-electron chi connectivity index (χ1n) is 19.4. The number of nitro groups is 2. The Bertz CT molecular complexity index is 4000. The highest BCUT2D eigenvalue weighted by Crippen LogP contribution is 2.51. The molecular weight excluding hydrogens is 1050 g/mol. The van der Waals surface area contributed by atoms with Crippen LogP contribution >= 0.6 is 0 Å². The maximum atomic E-state index is 12.2. The van der Waals surface area contributed by atoms with Gasteiger partial charge in [0.1, 0.15) is 26.9 Å². The van der Waals surface area contributed by atoms with E-state index in [1.807, 2.05) is 0 Å². The van der Waals surface area contributed by atoms with Crippen molar-refractivity contribution < 1.29 is 77.0 Å². The van der Waals surface area contributed by atoms with Crippen molar-refractivity contribution in [2.24, 2.45) is 30.7 Å². The number of azo groups is 3. The Morgan fingerprint density at radius 3 is 1.25 bits per heavy atom. The van der Waals surface area contributed by atoms with Gasteiger partial charge in [-0.1, -0.05) is 0 Å². The van der Waals surface area contributed by atoms with Crippen LogP contribution in [0.3, 0.4) is 0 Å². The van der Waals surface area contributed by atoms with Gasteiger partial charge in [0.05, 0.1) is 53.5 Å². The zero-order valence-corrected chi connectivity index (χ0v) is 39.0. The van der Waals surface area contributed by atoms with Gasteiger partial charge in [-0.2, -0.15) is 43.9 Å². The fraction of sp³-hybridized carbons (Fsp3) is 0. The maximum absolute atomic E-state index is 12.2. The first-order valence-corrected chi connectivity index (χ1v) is 25.2. The number of benzene rings is 7. The van der Waals surface area contributed by atoms with Crippen LogP contribution in [0.2, 0.25) is 0 Å². The average molecular weight is 1080 g/mol. The highest BCUT2D eigenvalue weighted by Gasteiger charge is 2.24. The van der Waals surface area contributed by atoms with Crippen LogP contribution in [0, 0.1) is 20.2 Å². The molecule has 0 atom stereocenters. The third-order valence-corrected chi connectivity index (χ3v) is 13.2. The molecule has 0 aliphatic carbocycles. The molecule has 29 nitrogen and oxygen atoms in total. The van der Waals surface area contributed by atoms with Crippen molar-refractivity contribution in [2.75, 3.05) is 10.6 Å². The Hall–Kier alpha value is -8.96. The van der Waals surface area contributed by atoms with Crippen LogP contribution in [0.25, 0.3) is 10.8 Å². The zero-order valence-electron chi connectivity index (χ0n) is 35.7. The minimum Gasteiger partial charge on any atom is -0.507 e. The number of phenolic OH excluding ortho intramolecular Hbond substituents is 3. The van der Waals surface area contributed by atoms with Gasteiger partial charge >= 0.3 is 0 Å². The number of hydrogen-bond donors (Lipinski definition) is 9. The number of nitrogens with zero attached hydrogens (tertiary/aromatic N) is 8. The fourth-order valence-electron chi connectivity index (χ4n) is 6.41. The first kappa shape index (κ1) is 51.9. The van der Waals surface area contributed by atoms with E-state index in [4.69, 9.17) is 0 Å². The average Bonchev–Trinajstić information content (AvgIpc) is 3.30. The van der Waals surface area contributed by atoms with Crippen molar-refractivity contribution in [1.82, 2.24) is 0 Å². The Labute approximate surface area is 408 Å². The van der Waals surface area contributed by atoms with Crippen LogP contribution < -0.4 is 10.6 Å². The molecule has 7 rings (SSSR count). The number of nitrogens with one attached hydrogen (secondary N) is 2. The second-order valence-electron chi connectivity index (χ2n) is 14.7. The molecule has 0 unspecified atom stereocenters. The summed E-state index contributed by atoms with van der Waals surface area (Å²) in [6, 6.07) is 19.6. The molecule has 0 aliphatic rings. The van der Waals surface area contributed by atoms with E-state index in [-0.39, 0.29) is 39.5 Å². The van der Waals surface area contributed by atoms with Gasteiger partial charge in [-0.3, -0.25) is 38.4 Å². The lowest BCUT2D eigenvalue weighted by Crippen LogP contribution is -2.04. The zero-order chi connectivity index (χ0) is 53.4. The Kier molecular flexibility index (Phi) is 14.0. The number of non-ortho nitro benzene ring substituents is 2. The van der Waals surface area contributed by atoms with Crippen molar-refractivity contribution >= 4 is 119 Å². The van der Waals surface area contributed by atoms with Crippen LogP contribution in [0.15, 0.2) is 166 Å². The molecule has 7 aromatic rings. The van der Waals surface area contributed by atoms with Crippen LogP contribution in [-0.4, -0.2) is 77.0 Å². The van der Waals surface area contributed by atoms with Gasteiger partial charge < -0.3 is 26.0 Å². The summed E-state index contributed by atoms with van der Waals surface area (Å²) in [5.74, 6) is -2.75. The molecule has 0 saturated heterocycles. The molecule has 0 fully saturated rings. The molecule has 0 saturated carbocycles. The standard InChI is InChI=1S/C40H28N10O19S4/c51-34-18-28(71(61,62)63)14-20-13-27(70(58,59)60)17-31(37(20)34)45-47-33-19-32(46-43-23-5-1-21(2-6-23)41-29-11-9-25(49(54)55)15-35(29)72(64,65)66)39(52)38(40(33)53)48-44-24-7-3-22(4-8-24)42-30-12-10-26(50(56)57)16-36(30)73(67,68)69/h1-19,41-42,51-53H,(H,58,59,60)(H,61,62,63)(H,64,65,66)(H,67,68,69). The highest BCUT2D eigenvalue weighted by atomic mass is 32.2. The summed E-state index contributed by atoms with van der Waals surface area (Å²) < 4.78 is 135. The predicted octanol–water partition coefficient (Wildman–Crippen LogP) is 9.49. The van der Waals surface area contributed by atoms with Crippen molar-refractivity contribution in [3.05, 3.63) is 135 Å². The fourth-order valence-corrected chi connectivity index (χ4v) is 8.81. The number of fused-ring (bicyclic) bond motifs is 1. The third kappa shape index (κ3) is 12.0. The molecule has 0 radical (unpaired) electrons. The third-order valence-electron chi connectivity index (χ3n) is 9.76. The molecule has 0 spiro atoms. The normalized spacial score (nSPS) is 12.5. The van der Waals surface area contributed by atoms with Crippen LogP contribution in [-0.2, 0) is 40.5 Å². The largest absolute Gasteiger partial charge is 0.507 e. The van der Waals surface area contributed by atoms with Crippen molar-refractivity contribution in [3.63, 3.8) is 0 Å². The van der Waals surface area contributed by atoms with E-state index in [0.29, 0.717) is 24.3 Å². The molecule has 33 heteroatoms. The van der Waals surface area contributed by atoms with Gasteiger partial charge in [0.15, 0.2) is 17.2 Å². The van der Waals surface area contributed by atoms with Gasteiger partial charge in [-0.25, -0.2) is 0 Å². The first-order chi connectivity index (χ1) is 34.1. The minimum atomic E-state index is -5.07. The van der Waals surface area contributed by atoms with E-state index in [0.717, 1.165) is 42.5 Å². The quantitative estimate of drug-likeness (QED) is 0.0188. The molecule has 0 bridgehead atoms. The second-order valence-corrected chi connectivity index (χ2v) is 20.3. The summed E-state index contributed by atoms with van der Waals surface area (Å²) in [7, 11) is -19.9. The van der Waals surface area contributed by atoms with Crippen LogP contribution in [0.4, 0.5) is 68.2 Å². The lowest BCUT2D eigenvalue weighted by molar-refractivity contribution is -0.385. The molecule has 0 aromatic heterocycles. The summed E-state index contributed by atoms with van der Waals surface area (Å²) in [6.45, 7) is 0. The number of nitro benzene ring substituents is 2. The maximum Gasteiger partial charge on any atom is 0.296 e. The molecule has 0 amide bonds. The van der Waals surface area contributed by atoms with Gasteiger partial charge in [-0.15, -0.1) is 20.5 Å². The Morgan fingerprint density at radius 2 is 0.836 bits per heavy atom. The topological polar surface area (TPSA) is 463 Å². The van der Waals surface area contributed by atoms with Gasteiger partial charge in [0.25, 0.3) is 51.8 Å². The number of hydrogen-bond acceptors (Lipinski definition) is 23. The lowest BCUT2D eigenvalue weighted by Gasteiger charge is -2.11. The number of rotatable bonds is 16. The minimum absolute atomic E-state index is 0.00220. The lowest BCUT2D eigenvalue weighted by atomic mass is 10.1. The summed E-state index contributed by atoms with van der Waals surface area (Å²) in [5.41, 5.74) is -3.80. The molecule has 0 aliphatic heterocycles. The number of anilines is 4. The molecule has 0 heterocycles. The summed E-state index contributed by atoms with van der Waals surface area (Å²) in [5, 5.41) is 84.3. The summed E-state index contributed by atoms with van der Waals surface area (Å²) in [6.07, 6.45) is 0. The van der Waals surface area contributed by atoms with E-state index in [1.165, 1.54) is 48.5 Å². The van der Waals surface area contributed by atoms with E-state index < -0.39 is 127 Å². The SMILES string of the molecule is O=[N+]([O-])c1ccc(Nc2ccc(N=Nc3cc(N=Nc4cc(S(=O)(=O)O)cc5cc(S(=O)(=O)O)cc(O)c45)c(O)c(N=Nc4ccc(Nc5ccc([N+](=O)[O-])cc5S(=O)(=O)O)cc4)c3O)cc2)c(S(=O)(=O)O)c1. The van der Waals surface area contributed by atoms with Crippen LogP contribution in [0.1, 0.15) is 0 Å². The van der Waals surface area contributed by atoms with E-state index in [2.05, 4.69) is 41.3 Å². The molecule has 376 valence electrons. The molecular formula is C40H28N10O19S4. The van der Waals surface area contributed by atoms with Gasteiger partial charge in [0, 0.05) is 47.8 Å². The van der Waals surface area contributed by atoms with E-state index in [9.17, 15) is 87.4 Å². The van der Waals surface area contributed by atoms with E-state index in [1.54, 1.807) is 0 Å². The summed E-state index contributed by atoms with van der Waals surface area (Å²) in [4.78, 5) is 17.3. The summed E-state index contributed by atoms with van der Waals surface area (Å²) >= 11 is 0.